The third-order valence-electron chi connectivity index (χ3n) is 1.36. The Bertz CT molecular complexity index is 68.7. The molecule has 1 N–H and O–H groups in total. The van der Waals surface area contributed by atoms with E-state index >= 15 is 0 Å². The fourth-order valence-corrected chi connectivity index (χ4v) is 0.913. The number of morpholine rings is 1. The molecule has 54 valence electrons. The van der Waals surface area contributed by atoms with Crippen LogP contribution in [0.1, 0.15) is 0 Å². The SMILES string of the molecule is COC[C@H]1CNCCO1. The van der Waals surface area contributed by atoms with Gasteiger partial charge in [0.1, 0.15) is 0 Å². The fourth-order valence-electron chi connectivity index (χ4n) is 0.913. The van der Waals surface area contributed by atoms with Crippen LogP contribution in [-0.2, 0) is 9.47 Å². The van der Waals surface area contributed by atoms with Crippen LogP contribution in [-0.4, -0.2) is 39.5 Å². The van der Waals surface area contributed by atoms with Crippen molar-refractivity contribution in [2.75, 3.05) is 33.4 Å². The number of methoxy groups -OCH3 is 1. The first-order valence-corrected chi connectivity index (χ1v) is 3.24. The lowest BCUT2D eigenvalue weighted by atomic mass is 10.3. The van der Waals surface area contributed by atoms with Crippen LogP contribution in [0.2, 0.25) is 0 Å². The first-order chi connectivity index (χ1) is 4.43. The molecule has 0 aromatic heterocycles. The van der Waals surface area contributed by atoms with Crippen molar-refractivity contribution >= 4 is 0 Å². The molecular weight excluding hydrogens is 118 g/mol. The van der Waals surface area contributed by atoms with Gasteiger partial charge in [0, 0.05) is 20.2 Å². The van der Waals surface area contributed by atoms with Crippen molar-refractivity contribution in [1.29, 1.82) is 0 Å². The lowest BCUT2D eigenvalue weighted by Gasteiger charge is -2.22. The Labute approximate surface area is 55.3 Å². The van der Waals surface area contributed by atoms with E-state index < -0.39 is 0 Å². The summed E-state index contributed by atoms with van der Waals surface area (Å²) in [6.45, 7) is 3.41. The summed E-state index contributed by atoms with van der Waals surface area (Å²) in [5.41, 5.74) is 0. The molecule has 1 aliphatic rings. The molecule has 0 radical (unpaired) electrons. The summed E-state index contributed by atoms with van der Waals surface area (Å²) in [4.78, 5) is 0. The van der Waals surface area contributed by atoms with Gasteiger partial charge in [-0.05, 0) is 0 Å². The maximum absolute atomic E-state index is 5.33. The van der Waals surface area contributed by atoms with Crippen LogP contribution in [0.15, 0.2) is 0 Å². The topological polar surface area (TPSA) is 30.5 Å². The van der Waals surface area contributed by atoms with E-state index in [4.69, 9.17) is 9.47 Å². The highest BCUT2D eigenvalue weighted by molar-refractivity contribution is 4.65. The summed E-state index contributed by atoms with van der Waals surface area (Å²) in [5, 5.41) is 3.21. The van der Waals surface area contributed by atoms with Gasteiger partial charge in [-0.1, -0.05) is 0 Å². The van der Waals surface area contributed by atoms with Gasteiger partial charge in [-0.2, -0.15) is 0 Å². The lowest BCUT2D eigenvalue weighted by Crippen LogP contribution is -2.40. The molecule has 0 saturated carbocycles. The molecule has 0 bridgehead atoms. The van der Waals surface area contributed by atoms with E-state index in [0.29, 0.717) is 6.61 Å². The predicted octanol–water partition coefficient (Wildman–Crippen LogP) is -0.379. The van der Waals surface area contributed by atoms with Crippen LogP contribution in [0.5, 0.6) is 0 Å². The van der Waals surface area contributed by atoms with Gasteiger partial charge in [-0.25, -0.2) is 0 Å². The monoisotopic (exact) mass is 131 g/mol. The molecule has 1 atom stereocenters. The van der Waals surface area contributed by atoms with Gasteiger partial charge in [0.15, 0.2) is 0 Å². The average molecular weight is 131 g/mol. The molecule has 0 aromatic rings. The zero-order chi connectivity index (χ0) is 6.53. The van der Waals surface area contributed by atoms with Crippen LogP contribution >= 0.6 is 0 Å². The van der Waals surface area contributed by atoms with Gasteiger partial charge in [0.25, 0.3) is 0 Å². The summed E-state index contributed by atoms with van der Waals surface area (Å²) in [7, 11) is 1.69. The number of hydrogen-bond acceptors (Lipinski definition) is 3. The molecule has 0 unspecified atom stereocenters. The third-order valence-corrected chi connectivity index (χ3v) is 1.36. The predicted molar refractivity (Wildman–Crippen MR) is 34.5 cm³/mol. The lowest BCUT2D eigenvalue weighted by molar-refractivity contribution is -0.0188. The van der Waals surface area contributed by atoms with Crippen LogP contribution < -0.4 is 5.32 Å². The van der Waals surface area contributed by atoms with Crippen molar-refractivity contribution in [3.05, 3.63) is 0 Å². The standard InChI is InChI=1S/C6H13NO2/c1-8-5-6-4-7-2-3-9-6/h6-7H,2-5H2,1H3/t6-/m1/s1. The normalized spacial score (nSPS) is 28.3. The minimum Gasteiger partial charge on any atom is -0.382 e. The van der Waals surface area contributed by atoms with Gasteiger partial charge in [-0.3, -0.25) is 0 Å². The van der Waals surface area contributed by atoms with Crippen molar-refractivity contribution in [3.8, 4) is 0 Å². The van der Waals surface area contributed by atoms with Crippen molar-refractivity contribution in [2.24, 2.45) is 0 Å². The Hall–Kier alpha value is -0.120. The average Bonchev–Trinajstić information content (AvgIpc) is 1.91. The van der Waals surface area contributed by atoms with Gasteiger partial charge >= 0.3 is 0 Å². The van der Waals surface area contributed by atoms with Crippen LogP contribution in [0.3, 0.4) is 0 Å². The molecule has 1 aliphatic heterocycles. The Morgan fingerprint density at radius 3 is 3.22 bits per heavy atom. The molecule has 1 rings (SSSR count). The molecule has 3 heteroatoms. The van der Waals surface area contributed by atoms with Crippen molar-refractivity contribution in [3.63, 3.8) is 0 Å². The van der Waals surface area contributed by atoms with Crippen molar-refractivity contribution in [2.45, 2.75) is 6.10 Å². The summed E-state index contributed by atoms with van der Waals surface area (Å²) in [6, 6.07) is 0. The first-order valence-electron chi connectivity index (χ1n) is 3.24. The minimum absolute atomic E-state index is 0.267. The minimum atomic E-state index is 0.267. The maximum Gasteiger partial charge on any atom is 0.0932 e. The summed E-state index contributed by atoms with van der Waals surface area (Å²) >= 11 is 0. The number of ether oxygens (including phenoxy) is 2. The van der Waals surface area contributed by atoms with Crippen molar-refractivity contribution < 1.29 is 9.47 Å². The number of nitrogens with one attached hydrogen (secondary N) is 1. The van der Waals surface area contributed by atoms with Gasteiger partial charge in [-0.15, -0.1) is 0 Å². The Balaban J connectivity index is 2.08. The zero-order valence-corrected chi connectivity index (χ0v) is 5.72. The van der Waals surface area contributed by atoms with E-state index in [9.17, 15) is 0 Å². The van der Waals surface area contributed by atoms with E-state index in [0.717, 1.165) is 19.7 Å². The number of rotatable bonds is 2. The largest absolute Gasteiger partial charge is 0.382 e. The van der Waals surface area contributed by atoms with E-state index in [-0.39, 0.29) is 6.10 Å². The van der Waals surface area contributed by atoms with E-state index in [2.05, 4.69) is 5.32 Å². The highest BCUT2D eigenvalue weighted by Crippen LogP contribution is 1.94. The van der Waals surface area contributed by atoms with Crippen molar-refractivity contribution in [1.82, 2.24) is 5.32 Å². The Morgan fingerprint density at radius 2 is 2.67 bits per heavy atom. The van der Waals surface area contributed by atoms with Gasteiger partial charge in [0.05, 0.1) is 19.3 Å². The molecule has 0 amide bonds. The smallest absolute Gasteiger partial charge is 0.0932 e. The molecule has 1 saturated heterocycles. The second-order valence-electron chi connectivity index (χ2n) is 2.15. The summed E-state index contributed by atoms with van der Waals surface area (Å²) in [6.07, 6.45) is 0.267. The van der Waals surface area contributed by atoms with Crippen LogP contribution in [0.4, 0.5) is 0 Å². The summed E-state index contributed by atoms with van der Waals surface area (Å²) < 4.78 is 10.2. The van der Waals surface area contributed by atoms with Gasteiger partial charge in [0.2, 0.25) is 0 Å². The zero-order valence-electron chi connectivity index (χ0n) is 5.72. The van der Waals surface area contributed by atoms with Gasteiger partial charge < -0.3 is 14.8 Å². The fraction of sp³-hybridized carbons (Fsp3) is 1.00. The van der Waals surface area contributed by atoms with E-state index in [1.165, 1.54) is 0 Å². The quantitative estimate of drug-likeness (QED) is 0.554. The third kappa shape index (κ3) is 2.30. The molecule has 0 spiro atoms. The molecule has 1 heterocycles. The molecule has 3 nitrogen and oxygen atoms in total. The van der Waals surface area contributed by atoms with E-state index in [1.807, 2.05) is 0 Å². The Kier molecular flexibility index (Phi) is 2.97. The van der Waals surface area contributed by atoms with Crippen LogP contribution in [0, 0.1) is 0 Å². The molecule has 1 fully saturated rings. The molecule has 0 aromatic carbocycles. The Morgan fingerprint density at radius 1 is 1.78 bits per heavy atom. The second kappa shape index (κ2) is 3.82. The first kappa shape index (κ1) is 6.99. The van der Waals surface area contributed by atoms with E-state index in [1.54, 1.807) is 7.11 Å². The molecular formula is C6H13NO2. The second-order valence-corrected chi connectivity index (χ2v) is 2.15. The molecule has 9 heavy (non-hydrogen) atoms. The maximum atomic E-state index is 5.33. The summed E-state index contributed by atoms with van der Waals surface area (Å²) in [5.74, 6) is 0. The highest BCUT2D eigenvalue weighted by atomic mass is 16.5. The molecule has 0 aliphatic carbocycles. The highest BCUT2D eigenvalue weighted by Gasteiger charge is 2.11. The van der Waals surface area contributed by atoms with Crippen LogP contribution in [0.25, 0.3) is 0 Å². The number of hydrogen-bond donors (Lipinski definition) is 1.